The molecular weight excluding hydrogens is 162 g/mol. The van der Waals surface area contributed by atoms with Crippen LogP contribution >= 0.6 is 0 Å². The largest absolute Gasteiger partial charge is 0.377 e. The zero-order valence-corrected chi connectivity index (χ0v) is 9.12. The van der Waals surface area contributed by atoms with E-state index in [1.54, 1.807) is 0 Å². The lowest BCUT2D eigenvalue weighted by atomic mass is 10.1. The van der Waals surface area contributed by atoms with Gasteiger partial charge in [0.2, 0.25) is 0 Å². The number of hydrogen-bond donors (Lipinski definition) is 1. The third-order valence-corrected chi connectivity index (χ3v) is 2.60. The van der Waals surface area contributed by atoms with Gasteiger partial charge < -0.3 is 10.5 Å². The molecule has 2 N–H and O–H groups in total. The zero-order valence-electron chi connectivity index (χ0n) is 9.12. The topological polar surface area (TPSA) is 35.2 Å². The van der Waals surface area contributed by atoms with Crippen LogP contribution < -0.4 is 5.73 Å². The summed E-state index contributed by atoms with van der Waals surface area (Å²) in [4.78, 5) is 0. The minimum Gasteiger partial charge on any atom is -0.377 e. The predicted octanol–water partition coefficient (Wildman–Crippen LogP) is 2.17. The summed E-state index contributed by atoms with van der Waals surface area (Å²) < 4.78 is 5.69. The van der Waals surface area contributed by atoms with Gasteiger partial charge in [0.05, 0.1) is 12.7 Å². The maximum absolute atomic E-state index is 5.93. The summed E-state index contributed by atoms with van der Waals surface area (Å²) in [5, 5.41) is 0. The van der Waals surface area contributed by atoms with Crippen LogP contribution in [0.4, 0.5) is 0 Å². The molecule has 2 nitrogen and oxygen atoms in total. The normalized spacial score (nSPS) is 21.9. The molecule has 2 unspecified atom stereocenters. The van der Waals surface area contributed by atoms with Gasteiger partial charge in [-0.25, -0.2) is 0 Å². The number of rotatable bonds is 6. The van der Waals surface area contributed by atoms with E-state index in [1.807, 2.05) is 0 Å². The van der Waals surface area contributed by atoms with E-state index in [2.05, 4.69) is 20.8 Å². The van der Waals surface area contributed by atoms with Crippen molar-refractivity contribution >= 4 is 0 Å². The minimum absolute atomic E-state index is 0.287. The molecule has 0 amide bonds. The van der Waals surface area contributed by atoms with Crippen molar-refractivity contribution in [3.8, 4) is 0 Å². The fraction of sp³-hybridized carbons (Fsp3) is 1.00. The Hall–Kier alpha value is -0.0800. The lowest BCUT2D eigenvalue weighted by Gasteiger charge is -2.18. The van der Waals surface area contributed by atoms with Gasteiger partial charge in [0.1, 0.15) is 0 Å². The monoisotopic (exact) mass is 185 g/mol. The van der Waals surface area contributed by atoms with Gasteiger partial charge in [-0.3, -0.25) is 0 Å². The van der Waals surface area contributed by atoms with Gasteiger partial charge in [-0.15, -0.1) is 0 Å². The summed E-state index contributed by atoms with van der Waals surface area (Å²) in [6, 6.07) is 0.287. The molecule has 0 spiro atoms. The maximum Gasteiger partial charge on any atom is 0.0623 e. The summed E-state index contributed by atoms with van der Waals surface area (Å²) in [6.45, 7) is 7.33. The molecule has 0 aromatic heterocycles. The van der Waals surface area contributed by atoms with Crippen LogP contribution in [0.15, 0.2) is 0 Å². The highest BCUT2D eigenvalue weighted by atomic mass is 16.5. The third-order valence-electron chi connectivity index (χ3n) is 2.60. The van der Waals surface area contributed by atoms with Crippen LogP contribution in [0.25, 0.3) is 0 Å². The molecule has 1 aliphatic rings. The molecule has 78 valence electrons. The Morgan fingerprint density at radius 1 is 1.31 bits per heavy atom. The van der Waals surface area contributed by atoms with E-state index in [0.717, 1.165) is 18.9 Å². The molecule has 2 heteroatoms. The van der Waals surface area contributed by atoms with Crippen LogP contribution in [0.5, 0.6) is 0 Å². The molecule has 0 aromatic carbocycles. The van der Waals surface area contributed by atoms with Gasteiger partial charge in [-0.1, -0.05) is 13.8 Å². The molecule has 1 aliphatic carbocycles. The second kappa shape index (κ2) is 4.97. The van der Waals surface area contributed by atoms with Crippen molar-refractivity contribution in [1.29, 1.82) is 0 Å². The Morgan fingerprint density at radius 3 is 2.38 bits per heavy atom. The second-order valence-corrected chi connectivity index (χ2v) is 4.77. The van der Waals surface area contributed by atoms with Gasteiger partial charge in [-0.2, -0.15) is 0 Å². The summed E-state index contributed by atoms with van der Waals surface area (Å²) in [6.07, 6.45) is 4.12. The first-order chi connectivity index (χ1) is 6.09. The van der Waals surface area contributed by atoms with Crippen molar-refractivity contribution in [3.05, 3.63) is 0 Å². The molecule has 13 heavy (non-hydrogen) atoms. The van der Waals surface area contributed by atoms with E-state index in [4.69, 9.17) is 10.5 Å². The third kappa shape index (κ3) is 4.63. The van der Waals surface area contributed by atoms with Crippen LogP contribution in [0.3, 0.4) is 0 Å². The van der Waals surface area contributed by atoms with Crippen LogP contribution in [0, 0.1) is 11.8 Å². The van der Waals surface area contributed by atoms with Crippen molar-refractivity contribution < 1.29 is 4.74 Å². The van der Waals surface area contributed by atoms with Crippen molar-refractivity contribution in [2.45, 2.75) is 52.2 Å². The van der Waals surface area contributed by atoms with Gasteiger partial charge in [0.15, 0.2) is 0 Å². The standard InChI is InChI=1S/C11H23NO/c1-8(2)6-9(3)13-7-11(12)10-4-5-10/h8-11H,4-7,12H2,1-3H3. The highest BCUT2D eigenvalue weighted by molar-refractivity contribution is 4.83. The van der Waals surface area contributed by atoms with Crippen molar-refractivity contribution in [2.24, 2.45) is 17.6 Å². The molecular formula is C11H23NO. The van der Waals surface area contributed by atoms with Crippen LogP contribution in [0.2, 0.25) is 0 Å². The smallest absolute Gasteiger partial charge is 0.0623 e. The van der Waals surface area contributed by atoms with E-state index in [9.17, 15) is 0 Å². The highest BCUT2D eigenvalue weighted by Crippen LogP contribution is 2.31. The Morgan fingerprint density at radius 2 is 1.92 bits per heavy atom. The summed E-state index contributed by atoms with van der Waals surface area (Å²) in [7, 11) is 0. The second-order valence-electron chi connectivity index (χ2n) is 4.77. The first-order valence-electron chi connectivity index (χ1n) is 5.46. The lowest BCUT2D eigenvalue weighted by molar-refractivity contribution is 0.0401. The van der Waals surface area contributed by atoms with Crippen molar-refractivity contribution in [3.63, 3.8) is 0 Å². The molecule has 1 rings (SSSR count). The molecule has 0 aromatic rings. The Bertz CT molecular complexity index is 143. The molecule has 0 aliphatic heterocycles. The van der Waals surface area contributed by atoms with Crippen LogP contribution in [0.1, 0.15) is 40.0 Å². The summed E-state index contributed by atoms with van der Waals surface area (Å²) >= 11 is 0. The molecule has 0 saturated heterocycles. The van der Waals surface area contributed by atoms with Gasteiger partial charge in [-0.05, 0) is 38.0 Å². The minimum atomic E-state index is 0.287. The average Bonchev–Trinajstić information content (AvgIpc) is 2.80. The maximum atomic E-state index is 5.93. The molecule has 2 atom stereocenters. The molecule has 0 radical (unpaired) electrons. The van der Waals surface area contributed by atoms with Crippen LogP contribution in [-0.4, -0.2) is 18.8 Å². The van der Waals surface area contributed by atoms with E-state index in [-0.39, 0.29) is 6.04 Å². The molecule has 1 fully saturated rings. The van der Waals surface area contributed by atoms with Crippen LogP contribution in [-0.2, 0) is 4.74 Å². The number of hydrogen-bond acceptors (Lipinski definition) is 2. The molecule has 0 heterocycles. The SMILES string of the molecule is CC(C)CC(C)OCC(N)C1CC1. The van der Waals surface area contributed by atoms with E-state index in [0.29, 0.717) is 12.0 Å². The number of nitrogens with two attached hydrogens (primary N) is 1. The van der Waals surface area contributed by atoms with E-state index >= 15 is 0 Å². The molecule has 0 bridgehead atoms. The van der Waals surface area contributed by atoms with Gasteiger partial charge in [0, 0.05) is 6.04 Å². The summed E-state index contributed by atoms with van der Waals surface area (Å²) in [5.41, 5.74) is 5.93. The average molecular weight is 185 g/mol. The van der Waals surface area contributed by atoms with E-state index < -0.39 is 0 Å². The predicted molar refractivity (Wildman–Crippen MR) is 55.6 cm³/mol. The van der Waals surface area contributed by atoms with Crippen molar-refractivity contribution in [2.75, 3.05) is 6.61 Å². The van der Waals surface area contributed by atoms with E-state index in [1.165, 1.54) is 12.8 Å². The molecule has 1 saturated carbocycles. The quantitative estimate of drug-likeness (QED) is 0.688. The Kier molecular flexibility index (Phi) is 4.20. The zero-order chi connectivity index (χ0) is 9.84. The lowest BCUT2D eigenvalue weighted by Crippen LogP contribution is -2.30. The first kappa shape index (κ1) is 11.0. The first-order valence-corrected chi connectivity index (χ1v) is 5.46. The highest BCUT2D eigenvalue weighted by Gasteiger charge is 2.28. The van der Waals surface area contributed by atoms with Gasteiger partial charge >= 0.3 is 0 Å². The fourth-order valence-electron chi connectivity index (χ4n) is 1.67. The van der Waals surface area contributed by atoms with Gasteiger partial charge in [0.25, 0.3) is 0 Å². The number of ether oxygens (including phenoxy) is 1. The van der Waals surface area contributed by atoms with Crippen molar-refractivity contribution in [1.82, 2.24) is 0 Å². The fourth-order valence-corrected chi connectivity index (χ4v) is 1.67. The Labute approximate surface area is 81.8 Å². The Balaban J connectivity index is 2.03. The summed E-state index contributed by atoms with van der Waals surface area (Å²) in [5.74, 6) is 1.47.